The van der Waals surface area contributed by atoms with Gasteiger partial charge in [0.1, 0.15) is 5.58 Å². The molecule has 3 aromatic rings. The predicted molar refractivity (Wildman–Crippen MR) is 103 cm³/mol. The summed E-state index contributed by atoms with van der Waals surface area (Å²) in [5, 5.41) is 0.579. The summed E-state index contributed by atoms with van der Waals surface area (Å²) in [5.41, 5.74) is 0.908. The fourth-order valence-electron chi connectivity index (χ4n) is 3.30. The van der Waals surface area contributed by atoms with Gasteiger partial charge in [-0.15, -0.1) is 0 Å². The van der Waals surface area contributed by atoms with Crippen LogP contribution in [0, 0.1) is 0 Å². The van der Waals surface area contributed by atoms with Gasteiger partial charge in [-0.3, -0.25) is 4.98 Å². The Morgan fingerprint density at radius 1 is 1.14 bits per heavy atom. The third-order valence-corrected chi connectivity index (χ3v) is 6.73. The van der Waals surface area contributed by atoms with Crippen molar-refractivity contribution in [1.29, 1.82) is 0 Å². The van der Waals surface area contributed by atoms with Crippen LogP contribution in [0.4, 0.5) is 0 Å². The molecule has 4 rings (SSSR count). The fourth-order valence-corrected chi connectivity index (χ4v) is 4.80. The van der Waals surface area contributed by atoms with Crippen LogP contribution in [-0.2, 0) is 21.4 Å². The molecule has 0 spiro atoms. The van der Waals surface area contributed by atoms with Crippen molar-refractivity contribution in [2.45, 2.75) is 30.4 Å². The van der Waals surface area contributed by atoms with E-state index in [0.29, 0.717) is 43.5 Å². The molecule has 1 fully saturated rings. The van der Waals surface area contributed by atoms with E-state index in [1.54, 1.807) is 24.5 Å². The second-order valence-corrected chi connectivity index (χ2v) is 8.67. The average Bonchev–Trinajstić information content (AvgIpc) is 2.73. The van der Waals surface area contributed by atoms with E-state index in [1.165, 1.54) is 22.5 Å². The number of hydrogen-bond donors (Lipinski definition) is 0. The molecule has 3 heterocycles. The number of nitrogens with zero attached hydrogens (tertiary/aromatic N) is 2. The third kappa shape index (κ3) is 3.99. The van der Waals surface area contributed by atoms with Crippen molar-refractivity contribution in [3.63, 3.8) is 0 Å². The number of sulfonamides is 1. The second-order valence-electron chi connectivity index (χ2n) is 6.73. The molecule has 0 saturated carbocycles. The first-order valence-electron chi connectivity index (χ1n) is 9.07. The SMILES string of the molecule is O=c1ccc2cc(S(=O)(=O)N3CCC(OCc4cccnc4)CC3)ccc2o1. The summed E-state index contributed by atoms with van der Waals surface area (Å²) in [6.07, 6.45) is 4.79. The molecule has 0 radical (unpaired) electrons. The number of hydrogen-bond acceptors (Lipinski definition) is 6. The molecular formula is C20H20N2O5S. The molecule has 2 aromatic heterocycles. The Labute approximate surface area is 162 Å². The van der Waals surface area contributed by atoms with Gasteiger partial charge in [0.25, 0.3) is 0 Å². The number of fused-ring (bicyclic) bond motifs is 1. The van der Waals surface area contributed by atoms with Gasteiger partial charge in [0, 0.05) is 36.9 Å². The zero-order valence-corrected chi connectivity index (χ0v) is 16.0. The number of piperidine rings is 1. The highest BCUT2D eigenvalue weighted by Crippen LogP contribution is 2.25. The topological polar surface area (TPSA) is 89.7 Å². The summed E-state index contributed by atoms with van der Waals surface area (Å²) in [6.45, 7) is 1.28. The zero-order chi connectivity index (χ0) is 19.6. The summed E-state index contributed by atoms with van der Waals surface area (Å²) in [6, 6.07) is 11.2. The Bertz CT molecular complexity index is 1120. The minimum absolute atomic E-state index is 0.0255. The quantitative estimate of drug-likeness (QED) is 0.612. The third-order valence-electron chi connectivity index (χ3n) is 4.84. The largest absolute Gasteiger partial charge is 0.423 e. The van der Waals surface area contributed by atoms with Crippen molar-refractivity contribution in [1.82, 2.24) is 9.29 Å². The van der Waals surface area contributed by atoms with Gasteiger partial charge in [-0.25, -0.2) is 13.2 Å². The molecule has 0 unspecified atom stereocenters. The second kappa shape index (κ2) is 7.83. The van der Waals surface area contributed by atoms with Crippen LogP contribution in [-0.4, -0.2) is 36.9 Å². The Balaban J connectivity index is 1.42. The molecular weight excluding hydrogens is 380 g/mol. The van der Waals surface area contributed by atoms with Crippen molar-refractivity contribution < 1.29 is 17.6 Å². The summed E-state index contributed by atoms with van der Waals surface area (Å²) >= 11 is 0. The lowest BCUT2D eigenvalue weighted by atomic mass is 10.1. The van der Waals surface area contributed by atoms with E-state index >= 15 is 0 Å². The monoisotopic (exact) mass is 400 g/mol. The molecule has 28 heavy (non-hydrogen) atoms. The standard InChI is InChI=1S/C20H20N2O5S/c23-20-6-3-16-12-18(4-5-19(16)27-20)28(24,25)22-10-7-17(8-11-22)26-14-15-2-1-9-21-13-15/h1-6,9,12-13,17H,7-8,10-11,14H2. The molecule has 1 saturated heterocycles. The van der Waals surface area contributed by atoms with Gasteiger partial charge in [-0.1, -0.05) is 6.07 Å². The molecule has 7 nitrogen and oxygen atoms in total. The number of ether oxygens (including phenoxy) is 1. The van der Waals surface area contributed by atoms with Gasteiger partial charge in [0.05, 0.1) is 17.6 Å². The van der Waals surface area contributed by atoms with Crippen LogP contribution in [0.3, 0.4) is 0 Å². The summed E-state index contributed by atoms with van der Waals surface area (Å²) in [4.78, 5) is 15.5. The van der Waals surface area contributed by atoms with E-state index in [9.17, 15) is 13.2 Å². The molecule has 1 aromatic carbocycles. The van der Waals surface area contributed by atoms with Crippen molar-refractivity contribution in [2.75, 3.05) is 13.1 Å². The highest BCUT2D eigenvalue weighted by molar-refractivity contribution is 7.89. The minimum Gasteiger partial charge on any atom is -0.423 e. The van der Waals surface area contributed by atoms with E-state index in [2.05, 4.69) is 4.98 Å². The lowest BCUT2D eigenvalue weighted by Crippen LogP contribution is -2.40. The Hall–Kier alpha value is -2.55. The van der Waals surface area contributed by atoms with Gasteiger partial charge in [0.15, 0.2) is 0 Å². The molecule has 0 atom stereocenters. The van der Waals surface area contributed by atoms with Crippen molar-refractivity contribution in [3.05, 3.63) is 70.8 Å². The minimum atomic E-state index is -3.61. The zero-order valence-electron chi connectivity index (χ0n) is 15.2. The summed E-state index contributed by atoms with van der Waals surface area (Å²) < 4.78 is 38.4. The van der Waals surface area contributed by atoms with Crippen LogP contribution in [0.5, 0.6) is 0 Å². The summed E-state index contributed by atoms with van der Waals surface area (Å²) in [7, 11) is -3.61. The molecule has 0 aliphatic carbocycles. The van der Waals surface area contributed by atoms with E-state index < -0.39 is 15.6 Å². The molecule has 0 amide bonds. The number of pyridine rings is 1. The number of aromatic nitrogens is 1. The van der Waals surface area contributed by atoms with E-state index in [1.807, 2.05) is 12.1 Å². The normalized spacial score (nSPS) is 16.4. The Morgan fingerprint density at radius 2 is 1.96 bits per heavy atom. The summed E-state index contributed by atoms with van der Waals surface area (Å²) in [5.74, 6) is 0. The maximum absolute atomic E-state index is 13.0. The van der Waals surface area contributed by atoms with Gasteiger partial charge in [-0.2, -0.15) is 4.31 Å². The van der Waals surface area contributed by atoms with Gasteiger partial charge >= 0.3 is 5.63 Å². The molecule has 1 aliphatic rings. The molecule has 146 valence electrons. The molecule has 1 aliphatic heterocycles. The van der Waals surface area contributed by atoms with Gasteiger partial charge < -0.3 is 9.15 Å². The lowest BCUT2D eigenvalue weighted by molar-refractivity contribution is 0.0101. The van der Waals surface area contributed by atoms with E-state index in [0.717, 1.165) is 5.56 Å². The molecule has 0 bridgehead atoms. The first-order chi connectivity index (χ1) is 13.5. The van der Waals surface area contributed by atoms with Gasteiger partial charge in [0.2, 0.25) is 10.0 Å². The van der Waals surface area contributed by atoms with Crippen LogP contribution in [0.25, 0.3) is 11.0 Å². The predicted octanol–water partition coefficient (Wildman–Crippen LogP) is 2.56. The van der Waals surface area contributed by atoms with Crippen molar-refractivity contribution in [3.8, 4) is 0 Å². The molecule has 8 heteroatoms. The highest BCUT2D eigenvalue weighted by Gasteiger charge is 2.30. The van der Waals surface area contributed by atoms with E-state index in [-0.39, 0.29) is 11.0 Å². The van der Waals surface area contributed by atoms with Crippen LogP contribution < -0.4 is 5.63 Å². The first kappa shape index (κ1) is 18.8. The average molecular weight is 400 g/mol. The highest BCUT2D eigenvalue weighted by atomic mass is 32.2. The van der Waals surface area contributed by atoms with Crippen molar-refractivity contribution in [2.24, 2.45) is 0 Å². The number of benzene rings is 1. The fraction of sp³-hybridized carbons (Fsp3) is 0.300. The van der Waals surface area contributed by atoms with Gasteiger partial charge in [-0.05, 0) is 48.7 Å². The maximum Gasteiger partial charge on any atom is 0.336 e. The molecule has 0 N–H and O–H groups in total. The van der Waals surface area contributed by atoms with Crippen LogP contribution in [0.2, 0.25) is 0 Å². The lowest BCUT2D eigenvalue weighted by Gasteiger charge is -2.31. The van der Waals surface area contributed by atoms with E-state index in [4.69, 9.17) is 9.15 Å². The van der Waals surface area contributed by atoms with Crippen LogP contribution in [0.15, 0.2) is 69.0 Å². The smallest absolute Gasteiger partial charge is 0.336 e. The van der Waals surface area contributed by atoms with Crippen LogP contribution >= 0.6 is 0 Å². The Morgan fingerprint density at radius 3 is 2.71 bits per heavy atom. The number of rotatable bonds is 5. The Kier molecular flexibility index (Phi) is 5.25. The maximum atomic E-state index is 13.0. The van der Waals surface area contributed by atoms with Crippen LogP contribution in [0.1, 0.15) is 18.4 Å². The first-order valence-corrected chi connectivity index (χ1v) is 10.5. The van der Waals surface area contributed by atoms with Crippen molar-refractivity contribution >= 4 is 21.0 Å².